The number of hydrogen-bond acceptors (Lipinski definition) is 7. The summed E-state index contributed by atoms with van der Waals surface area (Å²) >= 11 is 2.73. The second kappa shape index (κ2) is 8.75. The Morgan fingerprint density at radius 2 is 2.14 bits per heavy atom. The van der Waals surface area contributed by atoms with Crippen LogP contribution >= 0.6 is 23.1 Å². The van der Waals surface area contributed by atoms with E-state index in [1.807, 2.05) is 0 Å². The van der Waals surface area contributed by atoms with E-state index in [0.29, 0.717) is 34.1 Å². The minimum Gasteiger partial charge on any atom is -0.467 e. The summed E-state index contributed by atoms with van der Waals surface area (Å²) in [6, 6.07) is 9.84. The SMILES string of the molecule is O=C(Nc1nnc(SCc2ccc(F)cc2)s1)C1CC(=O)N(Cc2ccco2)C1. The van der Waals surface area contributed by atoms with E-state index in [4.69, 9.17) is 4.42 Å². The van der Waals surface area contributed by atoms with Crippen molar-refractivity contribution in [3.05, 3.63) is 59.8 Å². The lowest BCUT2D eigenvalue weighted by molar-refractivity contribution is -0.128. The molecule has 3 aromatic rings. The molecular weight excluding hydrogens is 415 g/mol. The molecule has 7 nitrogen and oxygen atoms in total. The number of nitrogens with one attached hydrogen (secondary N) is 1. The van der Waals surface area contributed by atoms with Crippen LogP contribution in [0.25, 0.3) is 0 Å². The van der Waals surface area contributed by atoms with Crippen LogP contribution in [0.5, 0.6) is 0 Å². The zero-order valence-electron chi connectivity index (χ0n) is 15.2. The molecule has 0 spiro atoms. The highest BCUT2D eigenvalue weighted by atomic mass is 32.2. The molecule has 1 aliphatic rings. The van der Waals surface area contributed by atoms with E-state index in [-0.39, 0.29) is 24.1 Å². The number of nitrogens with zero attached hydrogens (tertiary/aromatic N) is 3. The van der Waals surface area contributed by atoms with Gasteiger partial charge in [-0.2, -0.15) is 0 Å². The lowest BCUT2D eigenvalue weighted by Crippen LogP contribution is -2.27. The van der Waals surface area contributed by atoms with Crippen LogP contribution in [0.4, 0.5) is 9.52 Å². The molecule has 2 amide bonds. The van der Waals surface area contributed by atoms with Crippen LogP contribution < -0.4 is 5.32 Å². The van der Waals surface area contributed by atoms with Gasteiger partial charge in [0.15, 0.2) is 4.34 Å². The van der Waals surface area contributed by atoms with Crippen LogP contribution in [0.1, 0.15) is 17.7 Å². The van der Waals surface area contributed by atoms with Crippen molar-refractivity contribution in [3.63, 3.8) is 0 Å². The first-order valence-electron chi connectivity index (χ1n) is 8.88. The molecular formula is C19H17FN4O3S2. The number of furan rings is 1. The summed E-state index contributed by atoms with van der Waals surface area (Å²) in [6.45, 7) is 0.703. The number of likely N-dealkylation sites (tertiary alicyclic amines) is 1. The second-order valence-corrected chi connectivity index (χ2v) is 8.73. The maximum Gasteiger partial charge on any atom is 0.231 e. The molecule has 0 bridgehead atoms. The molecule has 1 saturated heterocycles. The van der Waals surface area contributed by atoms with Crippen LogP contribution in [0, 0.1) is 11.7 Å². The van der Waals surface area contributed by atoms with Crippen molar-refractivity contribution in [1.29, 1.82) is 0 Å². The highest BCUT2D eigenvalue weighted by Crippen LogP contribution is 2.29. The molecule has 1 atom stereocenters. The van der Waals surface area contributed by atoms with Crippen LogP contribution in [-0.4, -0.2) is 33.5 Å². The lowest BCUT2D eigenvalue weighted by Gasteiger charge is -2.14. The fourth-order valence-electron chi connectivity index (χ4n) is 2.94. The number of amides is 2. The van der Waals surface area contributed by atoms with Gasteiger partial charge in [0, 0.05) is 18.7 Å². The zero-order valence-corrected chi connectivity index (χ0v) is 16.8. The standard InChI is InChI=1S/C19H17FN4O3S2/c20-14-5-3-12(4-6-14)11-28-19-23-22-18(29-19)21-17(26)13-8-16(25)24(9-13)10-15-2-1-7-27-15/h1-7,13H,8-11H2,(H,21,22,26). The van der Waals surface area contributed by atoms with Crippen LogP contribution in [0.15, 0.2) is 51.4 Å². The summed E-state index contributed by atoms with van der Waals surface area (Å²) in [5.41, 5.74) is 0.971. The molecule has 0 radical (unpaired) electrons. The van der Waals surface area contributed by atoms with Crippen molar-refractivity contribution >= 4 is 40.0 Å². The summed E-state index contributed by atoms with van der Waals surface area (Å²) < 4.78 is 18.9. The van der Waals surface area contributed by atoms with E-state index in [0.717, 1.165) is 5.56 Å². The summed E-state index contributed by atoms with van der Waals surface area (Å²) in [5, 5.41) is 11.2. The number of benzene rings is 1. The van der Waals surface area contributed by atoms with Gasteiger partial charge in [-0.15, -0.1) is 10.2 Å². The van der Waals surface area contributed by atoms with Crippen molar-refractivity contribution in [2.45, 2.75) is 23.1 Å². The van der Waals surface area contributed by atoms with Gasteiger partial charge in [-0.3, -0.25) is 9.59 Å². The Balaban J connectivity index is 1.28. The Hall–Kier alpha value is -2.72. The maximum absolute atomic E-state index is 12.9. The Morgan fingerprint density at radius 1 is 1.31 bits per heavy atom. The zero-order chi connectivity index (χ0) is 20.2. The average molecular weight is 433 g/mol. The molecule has 1 N–H and O–H groups in total. The first kappa shape index (κ1) is 19.6. The van der Waals surface area contributed by atoms with Gasteiger partial charge < -0.3 is 14.6 Å². The summed E-state index contributed by atoms with van der Waals surface area (Å²) in [7, 11) is 0. The number of carbonyl (C=O) groups excluding carboxylic acids is 2. The molecule has 150 valence electrons. The van der Waals surface area contributed by atoms with Gasteiger partial charge in [0.2, 0.25) is 16.9 Å². The molecule has 1 aromatic carbocycles. The third kappa shape index (κ3) is 5.01. The molecule has 1 fully saturated rings. The van der Waals surface area contributed by atoms with Gasteiger partial charge in [0.25, 0.3) is 0 Å². The third-order valence-corrected chi connectivity index (χ3v) is 6.47. The van der Waals surface area contributed by atoms with Crippen LogP contribution in [-0.2, 0) is 21.9 Å². The third-order valence-electron chi connectivity index (χ3n) is 4.42. The van der Waals surface area contributed by atoms with E-state index < -0.39 is 5.92 Å². The molecule has 3 heterocycles. The van der Waals surface area contributed by atoms with Gasteiger partial charge in [0.05, 0.1) is 18.7 Å². The summed E-state index contributed by atoms with van der Waals surface area (Å²) in [5.74, 6) is 0.290. The molecule has 1 unspecified atom stereocenters. The Morgan fingerprint density at radius 3 is 2.90 bits per heavy atom. The fraction of sp³-hybridized carbons (Fsp3) is 0.263. The Bertz CT molecular complexity index is 991. The van der Waals surface area contributed by atoms with E-state index in [2.05, 4.69) is 15.5 Å². The number of anilines is 1. The minimum atomic E-state index is -0.434. The predicted molar refractivity (Wildman–Crippen MR) is 107 cm³/mol. The first-order valence-corrected chi connectivity index (χ1v) is 10.7. The monoisotopic (exact) mass is 432 g/mol. The number of hydrogen-bond donors (Lipinski definition) is 1. The predicted octanol–water partition coefficient (Wildman–Crippen LogP) is 3.55. The van der Waals surface area contributed by atoms with Crippen molar-refractivity contribution in [1.82, 2.24) is 15.1 Å². The molecule has 29 heavy (non-hydrogen) atoms. The van der Waals surface area contributed by atoms with Gasteiger partial charge >= 0.3 is 0 Å². The highest BCUT2D eigenvalue weighted by molar-refractivity contribution is 8.00. The Kier molecular flexibility index (Phi) is 5.91. The first-order chi connectivity index (χ1) is 14.1. The van der Waals surface area contributed by atoms with E-state index in [9.17, 15) is 14.0 Å². The number of carbonyl (C=O) groups is 2. The van der Waals surface area contributed by atoms with Crippen molar-refractivity contribution in [2.24, 2.45) is 5.92 Å². The maximum atomic E-state index is 12.9. The number of thioether (sulfide) groups is 1. The fourth-order valence-corrected chi connectivity index (χ4v) is 4.65. The van der Waals surface area contributed by atoms with Crippen molar-refractivity contribution in [2.75, 3.05) is 11.9 Å². The van der Waals surface area contributed by atoms with Crippen molar-refractivity contribution < 1.29 is 18.4 Å². The van der Waals surface area contributed by atoms with E-state index in [1.54, 1.807) is 35.4 Å². The summed E-state index contributed by atoms with van der Waals surface area (Å²) in [6.07, 6.45) is 1.72. The summed E-state index contributed by atoms with van der Waals surface area (Å²) in [4.78, 5) is 26.3. The molecule has 10 heteroatoms. The Labute approximate surface area is 174 Å². The smallest absolute Gasteiger partial charge is 0.231 e. The van der Waals surface area contributed by atoms with Gasteiger partial charge in [-0.1, -0.05) is 35.2 Å². The van der Waals surface area contributed by atoms with E-state index in [1.165, 1.54) is 35.2 Å². The van der Waals surface area contributed by atoms with Gasteiger partial charge in [-0.05, 0) is 29.8 Å². The quantitative estimate of drug-likeness (QED) is 0.454. The molecule has 4 rings (SSSR count). The minimum absolute atomic E-state index is 0.0747. The van der Waals surface area contributed by atoms with Gasteiger partial charge in [-0.25, -0.2) is 4.39 Å². The molecule has 0 aliphatic carbocycles. The highest BCUT2D eigenvalue weighted by Gasteiger charge is 2.35. The second-order valence-electron chi connectivity index (χ2n) is 6.53. The molecule has 1 aliphatic heterocycles. The van der Waals surface area contributed by atoms with Crippen LogP contribution in [0.3, 0.4) is 0 Å². The normalized spacial score (nSPS) is 16.4. The number of rotatable bonds is 7. The molecule has 0 saturated carbocycles. The van der Waals surface area contributed by atoms with Gasteiger partial charge in [0.1, 0.15) is 11.6 Å². The topological polar surface area (TPSA) is 88.3 Å². The van der Waals surface area contributed by atoms with Crippen molar-refractivity contribution in [3.8, 4) is 0 Å². The van der Waals surface area contributed by atoms with Crippen LogP contribution in [0.2, 0.25) is 0 Å². The number of aromatic nitrogens is 2. The number of halogens is 1. The largest absolute Gasteiger partial charge is 0.467 e. The lowest BCUT2D eigenvalue weighted by atomic mass is 10.1. The average Bonchev–Trinajstić information content (AvgIpc) is 3.45. The molecule has 2 aromatic heterocycles. The van der Waals surface area contributed by atoms with E-state index >= 15 is 0 Å².